The van der Waals surface area contributed by atoms with Crippen LogP contribution >= 0.6 is 0 Å². The Hall–Kier alpha value is -1.18. The highest BCUT2D eigenvalue weighted by atomic mass is 28.4. The standard InChI is InChI=1S/C15H27N3O2Si2/c1-19-22(14-8-5-11-17,15-9-6-12-18)20-21(2,3)13-7-4-10-16/h4-9,13-15H2,1-3H3. The molecule has 0 bridgehead atoms. The third-order valence-corrected chi connectivity index (χ3v) is 11.8. The van der Waals surface area contributed by atoms with Crippen LogP contribution in [0.2, 0.25) is 31.2 Å². The zero-order valence-corrected chi connectivity index (χ0v) is 16.0. The molecule has 0 aliphatic carbocycles. The maximum absolute atomic E-state index is 8.74. The van der Waals surface area contributed by atoms with Gasteiger partial charge in [-0.2, -0.15) is 15.8 Å². The van der Waals surface area contributed by atoms with Crippen molar-refractivity contribution in [2.75, 3.05) is 7.11 Å². The molecule has 22 heavy (non-hydrogen) atoms. The Bertz CT molecular complexity index is 416. The number of nitrogens with zero attached hydrogens (tertiary/aromatic N) is 3. The fourth-order valence-corrected chi connectivity index (χ4v) is 11.2. The second-order valence-electron chi connectivity index (χ2n) is 6.01. The van der Waals surface area contributed by atoms with Gasteiger partial charge in [0.1, 0.15) is 0 Å². The van der Waals surface area contributed by atoms with Gasteiger partial charge in [-0.3, -0.25) is 0 Å². The first kappa shape index (κ1) is 20.8. The molecule has 5 nitrogen and oxygen atoms in total. The van der Waals surface area contributed by atoms with Crippen LogP contribution in [-0.2, 0) is 8.54 Å². The van der Waals surface area contributed by atoms with Crippen LogP contribution in [0.25, 0.3) is 0 Å². The molecule has 122 valence electrons. The van der Waals surface area contributed by atoms with E-state index in [0.717, 1.165) is 37.4 Å². The monoisotopic (exact) mass is 337 g/mol. The van der Waals surface area contributed by atoms with Crippen LogP contribution < -0.4 is 0 Å². The lowest BCUT2D eigenvalue weighted by molar-refractivity contribution is 0.289. The van der Waals surface area contributed by atoms with Crippen LogP contribution in [0.4, 0.5) is 0 Å². The Morgan fingerprint density at radius 1 is 0.773 bits per heavy atom. The molecule has 0 aromatic carbocycles. The Labute approximate surface area is 136 Å². The Morgan fingerprint density at radius 2 is 1.18 bits per heavy atom. The molecule has 0 saturated heterocycles. The fraction of sp³-hybridized carbons (Fsp3) is 0.800. The Morgan fingerprint density at radius 3 is 1.55 bits per heavy atom. The van der Waals surface area contributed by atoms with Crippen molar-refractivity contribution in [3.8, 4) is 18.2 Å². The van der Waals surface area contributed by atoms with E-state index in [2.05, 4.69) is 31.3 Å². The zero-order valence-electron chi connectivity index (χ0n) is 14.0. The van der Waals surface area contributed by atoms with Crippen molar-refractivity contribution in [1.29, 1.82) is 15.8 Å². The molecule has 0 aliphatic heterocycles. The first-order valence-corrected chi connectivity index (χ1v) is 13.2. The van der Waals surface area contributed by atoms with Gasteiger partial charge in [0.2, 0.25) is 0 Å². The van der Waals surface area contributed by atoms with E-state index in [-0.39, 0.29) is 0 Å². The SMILES string of the molecule is CO[Si](CCCC#N)(CCCC#N)O[Si](C)(C)CCCC#N. The lowest BCUT2D eigenvalue weighted by Crippen LogP contribution is -2.50. The molecular weight excluding hydrogens is 310 g/mol. The van der Waals surface area contributed by atoms with Crippen LogP contribution in [0.1, 0.15) is 38.5 Å². The summed E-state index contributed by atoms with van der Waals surface area (Å²) >= 11 is 0. The van der Waals surface area contributed by atoms with Gasteiger partial charge in [0.05, 0.1) is 18.2 Å². The van der Waals surface area contributed by atoms with Crippen LogP contribution in [0, 0.1) is 34.0 Å². The summed E-state index contributed by atoms with van der Waals surface area (Å²) in [5.41, 5.74) is 0. The van der Waals surface area contributed by atoms with E-state index < -0.39 is 16.9 Å². The molecule has 0 aromatic heterocycles. The molecule has 0 rings (SSSR count). The molecule has 0 aromatic rings. The number of hydrogen-bond donors (Lipinski definition) is 0. The lowest BCUT2D eigenvalue weighted by Gasteiger charge is -2.37. The minimum absolute atomic E-state index is 0.510. The molecule has 0 saturated carbocycles. The van der Waals surface area contributed by atoms with Crippen molar-refractivity contribution < 1.29 is 8.54 Å². The second kappa shape index (κ2) is 11.4. The summed E-state index contributed by atoms with van der Waals surface area (Å²) in [5.74, 6) is 0. The van der Waals surface area contributed by atoms with E-state index in [1.165, 1.54) is 0 Å². The van der Waals surface area contributed by atoms with Crippen LogP contribution in [0.15, 0.2) is 0 Å². The first-order chi connectivity index (χ1) is 10.4. The summed E-state index contributed by atoms with van der Waals surface area (Å²) in [7, 11) is -2.56. The molecule has 7 heteroatoms. The van der Waals surface area contributed by atoms with Crippen molar-refractivity contribution in [3.63, 3.8) is 0 Å². The smallest absolute Gasteiger partial charge is 0.327 e. The summed E-state index contributed by atoms with van der Waals surface area (Å²) < 4.78 is 12.4. The van der Waals surface area contributed by atoms with Gasteiger partial charge in [0.25, 0.3) is 0 Å². The van der Waals surface area contributed by atoms with Crippen molar-refractivity contribution in [2.24, 2.45) is 0 Å². The Balaban J connectivity index is 4.82. The van der Waals surface area contributed by atoms with Gasteiger partial charge in [0.15, 0.2) is 8.32 Å². The Kier molecular flexibility index (Phi) is 10.8. The highest BCUT2D eigenvalue weighted by molar-refractivity contribution is 6.83. The molecule has 0 spiro atoms. The maximum Gasteiger partial charge on any atom is 0.327 e. The highest BCUT2D eigenvalue weighted by Crippen LogP contribution is 2.30. The van der Waals surface area contributed by atoms with E-state index in [0.29, 0.717) is 19.3 Å². The highest BCUT2D eigenvalue weighted by Gasteiger charge is 2.41. The molecular formula is C15H27N3O2Si2. The molecule has 0 atom stereocenters. The van der Waals surface area contributed by atoms with E-state index in [4.69, 9.17) is 24.3 Å². The number of hydrogen-bond acceptors (Lipinski definition) is 5. The largest absolute Gasteiger partial charge is 0.436 e. The molecule has 0 N–H and O–H groups in total. The summed E-state index contributed by atoms with van der Waals surface area (Å²) in [4.78, 5) is 0. The number of unbranched alkanes of at least 4 members (excludes halogenated alkanes) is 3. The van der Waals surface area contributed by atoms with Crippen molar-refractivity contribution in [1.82, 2.24) is 0 Å². The minimum atomic E-state index is -2.36. The average Bonchev–Trinajstić information content (AvgIpc) is 2.47. The van der Waals surface area contributed by atoms with Gasteiger partial charge in [0, 0.05) is 26.4 Å². The normalized spacial score (nSPS) is 11.5. The van der Waals surface area contributed by atoms with Crippen molar-refractivity contribution in [3.05, 3.63) is 0 Å². The van der Waals surface area contributed by atoms with Gasteiger partial charge >= 0.3 is 8.56 Å². The van der Waals surface area contributed by atoms with Gasteiger partial charge in [-0.15, -0.1) is 0 Å². The van der Waals surface area contributed by atoms with Gasteiger partial charge in [-0.25, -0.2) is 0 Å². The quantitative estimate of drug-likeness (QED) is 0.393. The summed E-state index contributed by atoms with van der Waals surface area (Å²) in [5, 5.41) is 26.2. The molecule has 0 unspecified atom stereocenters. The minimum Gasteiger partial charge on any atom is -0.436 e. The lowest BCUT2D eigenvalue weighted by atomic mass is 10.4. The first-order valence-electron chi connectivity index (χ1n) is 7.81. The van der Waals surface area contributed by atoms with Gasteiger partial charge in [-0.05, 0) is 50.5 Å². The topological polar surface area (TPSA) is 89.8 Å². The van der Waals surface area contributed by atoms with E-state index in [9.17, 15) is 0 Å². The predicted molar refractivity (Wildman–Crippen MR) is 90.3 cm³/mol. The third kappa shape index (κ3) is 8.97. The van der Waals surface area contributed by atoms with Crippen LogP contribution in [-0.4, -0.2) is 24.0 Å². The number of nitriles is 3. The van der Waals surface area contributed by atoms with E-state index >= 15 is 0 Å². The van der Waals surface area contributed by atoms with Gasteiger partial charge < -0.3 is 8.54 Å². The molecule has 0 radical (unpaired) electrons. The van der Waals surface area contributed by atoms with Crippen molar-refractivity contribution in [2.45, 2.75) is 69.8 Å². The van der Waals surface area contributed by atoms with Crippen LogP contribution in [0.3, 0.4) is 0 Å². The summed E-state index contributed by atoms with van der Waals surface area (Å²) in [6.07, 6.45) is 4.01. The molecule has 0 amide bonds. The van der Waals surface area contributed by atoms with Crippen molar-refractivity contribution >= 4 is 16.9 Å². The summed E-state index contributed by atoms with van der Waals surface area (Å²) in [6, 6.07) is 9.06. The summed E-state index contributed by atoms with van der Waals surface area (Å²) in [6.45, 7) is 4.33. The second-order valence-corrected chi connectivity index (χ2v) is 14.1. The van der Waals surface area contributed by atoms with Gasteiger partial charge in [-0.1, -0.05) is 0 Å². The van der Waals surface area contributed by atoms with Crippen LogP contribution in [0.5, 0.6) is 0 Å². The number of rotatable bonds is 12. The average molecular weight is 338 g/mol. The van der Waals surface area contributed by atoms with E-state index in [1.807, 2.05) is 0 Å². The molecule has 0 aliphatic rings. The predicted octanol–water partition coefficient (Wildman–Crippen LogP) is 4.21. The van der Waals surface area contributed by atoms with E-state index in [1.54, 1.807) is 7.11 Å². The zero-order chi connectivity index (χ0) is 16.9. The fourth-order valence-electron chi connectivity index (χ4n) is 2.49. The molecule has 0 heterocycles. The molecule has 0 fully saturated rings. The maximum atomic E-state index is 8.74. The third-order valence-electron chi connectivity index (χ3n) is 3.59.